The van der Waals surface area contributed by atoms with E-state index in [1.807, 2.05) is 12.4 Å². The molecule has 1 atom stereocenters. The highest BCUT2D eigenvalue weighted by Gasteiger charge is 2.14. The van der Waals surface area contributed by atoms with E-state index < -0.39 is 0 Å². The van der Waals surface area contributed by atoms with E-state index in [9.17, 15) is 0 Å². The largest absolute Gasteiger partial charge is 0.335 e. The molecule has 0 saturated carbocycles. The molecule has 1 aromatic carbocycles. The number of nitrogens with zero attached hydrogens (tertiary/aromatic N) is 2. The highest BCUT2D eigenvalue weighted by atomic mass is 15.2. The van der Waals surface area contributed by atoms with E-state index in [4.69, 9.17) is 5.84 Å². The Labute approximate surface area is 121 Å². The van der Waals surface area contributed by atoms with Crippen molar-refractivity contribution < 1.29 is 0 Å². The summed E-state index contributed by atoms with van der Waals surface area (Å²) in [5, 5.41) is 0. The molecule has 0 aliphatic heterocycles. The molecule has 4 heteroatoms. The van der Waals surface area contributed by atoms with Crippen LogP contribution in [0.2, 0.25) is 0 Å². The molecule has 2 aromatic rings. The third-order valence-corrected chi connectivity index (χ3v) is 3.79. The first-order valence-corrected chi connectivity index (χ1v) is 7.19. The van der Waals surface area contributed by atoms with E-state index in [2.05, 4.69) is 53.9 Å². The summed E-state index contributed by atoms with van der Waals surface area (Å²) in [6.45, 7) is 7.42. The second-order valence-corrected chi connectivity index (χ2v) is 5.30. The molecular formula is C16H24N4. The Balaban J connectivity index is 2.19. The van der Waals surface area contributed by atoms with Gasteiger partial charge >= 0.3 is 0 Å². The molecule has 108 valence electrons. The monoisotopic (exact) mass is 272 g/mol. The molecule has 3 N–H and O–H groups in total. The van der Waals surface area contributed by atoms with E-state index in [0.29, 0.717) is 0 Å². The van der Waals surface area contributed by atoms with E-state index >= 15 is 0 Å². The van der Waals surface area contributed by atoms with Crippen LogP contribution in [-0.4, -0.2) is 9.55 Å². The summed E-state index contributed by atoms with van der Waals surface area (Å²) in [4.78, 5) is 4.46. The first-order valence-electron chi connectivity index (χ1n) is 7.19. The number of hydrogen-bond acceptors (Lipinski definition) is 3. The number of hydrazine groups is 1. The standard InChI is InChI=1S/C16H24N4/c1-4-8-20-9-7-18-16(20)11-15(19-17)14-6-5-12(2)13(3)10-14/h5-7,9-10,15,19H,4,8,11,17H2,1-3H3. The lowest BCUT2D eigenvalue weighted by atomic mass is 9.99. The highest BCUT2D eigenvalue weighted by Crippen LogP contribution is 2.20. The number of hydrogen-bond donors (Lipinski definition) is 2. The molecule has 2 rings (SSSR count). The fourth-order valence-corrected chi connectivity index (χ4v) is 2.41. The van der Waals surface area contributed by atoms with Crippen LogP contribution in [0.15, 0.2) is 30.6 Å². The minimum Gasteiger partial charge on any atom is -0.335 e. The van der Waals surface area contributed by atoms with Crippen LogP contribution < -0.4 is 11.3 Å². The van der Waals surface area contributed by atoms with Gasteiger partial charge in [-0.15, -0.1) is 0 Å². The summed E-state index contributed by atoms with van der Waals surface area (Å²) in [5.74, 6) is 6.82. The molecule has 0 radical (unpaired) electrons. The van der Waals surface area contributed by atoms with E-state index in [-0.39, 0.29) is 6.04 Å². The van der Waals surface area contributed by atoms with Gasteiger partial charge in [0.15, 0.2) is 0 Å². The molecule has 0 bridgehead atoms. The molecule has 0 aliphatic rings. The normalized spacial score (nSPS) is 12.6. The van der Waals surface area contributed by atoms with Gasteiger partial charge in [0.1, 0.15) is 5.82 Å². The molecule has 20 heavy (non-hydrogen) atoms. The van der Waals surface area contributed by atoms with Crippen molar-refractivity contribution >= 4 is 0 Å². The summed E-state index contributed by atoms with van der Waals surface area (Å²) in [5.41, 5.74) is 6.72. The fraction of sp³-hybridized carbons (Fsp3) is 0.438. The minimum atomic E-state index is 0.0901. The Morgan fingerprint density at radius 3 is 2.75 bits per heavy atom. The van der Waals surface area contributed by atoms with Crippen molar-refractivity contribution in [3.05, 3.63) is 53.1 Å². The van der Waals surface area contributed by atoms with Crippen LogP contribution >= 0.6 is 0 Å². The number of rotatable bonds is 6. The van der Waals surface area contributed by atoms with Gasteiger partial charge in [-0.1, -0.05) is 25.1 Å². The summed E-state index contributed by atoms with van der Waals surface area (Å²) in [7, 11) is 0. The second kappa shape index (κ2) is 6.68. The fourth-order valence-electron chi connectivity index (χ4n) is 2.41. The van der Waals surface area contributed by atoms with Gasteiger partial charge in [-0.3, -0.25) is 11.3 Å². The lowest BCUT2D eigenvalue weighted by Crippen LogP contribution is -2.30. The molecule has 0 fully saturated rings. The average Bonchev–Trinajstić information content (AvgIpc) is 2.87. The van der Waals surface area contributed by atoms with Crippen molar-refractivity contribution in [3.63, 3.8) is 0 Å². The van der Waals surface area contributed by atoms with Crippen LogP contribution in [0.4, 0.5) is 0 Å². The first-order chi connectivity index (χ1) is 9.65. The molecule has 1 heterocycles. The van der Waals surface area contributed by atoms with Gasteiger partial charge in [0.25, 0.3) is 0 Å². The predicted octanol–water partition coefficient (Wildman–Crippen LogP) is 2.66. The van der Waals surface area contributed by atoms with Crippen LogP contribution in [0.1, 0.15) is 41.9 Å². The molecule has 1 aromatic heterocycles. The maximum atomic E-state index is 5.75. The number of nitrogens with one attached hydrogen (secondary N) is 1. The summed E-state index contributed by atoms with van der Waals surface area (Å²) < 4.78 is 2.20. The maximum absolute atomic E-state index is 5.75. The van der Waals surface area contributed by atoms with Gasteiger partial charge in [0.05, 0.1) is 6.04 Å². The zero-order valence-electron chi connectivity index (χ0n) is 12.6. The summed E-state index contributed by atoms with van der Waals surface area (Å²) in [6.07, 6.45) is 5.80. The van der Waals surface area contributed by atoms with Gasteiger partial charge in [0, 0.05) is 25.4 Å². The second-order valence-electron chi connectivity index (χ2n) is 5.30. The lowest BCUT2D eigenvalue weighted by Gasteiger charge is -2.18. The average molecular weight is 272 g/mol. The Bertz CT molecular complexity index is 559. The molecule has 4 nitrogen and oxygen atoms in total. The third kappa shape index (κ3) is 3.26. The quantitative estimate of drug-likeness (QED) is 0.628. The smallest absolute Gasteiger partial charge is 0.110 e. The first kappa shape index (κ1) is 14.8. The van der Waals surface area contributed by atoms with Crippen molar-refractivity contribution in [3.8, 4) is 0 Å². The van der Waals surface area contributed by atoms with Gasteiger partial charge in [-0.25, -0.2) is 4.98 Å². The molecule has 0 spiro atoms. The zero-order chi connectivity index (χ0) is 14.5. The number of aromatic nitrogens is 2. The van der Waals surface area contributed by atoms with Crippen molar-refractivity contribution in [1.82, 2.24) is 15.0 Å². The van der Waals surface area contributed by atoms with Crippen molar-refractivity contribution in [2.24, 2.45) is 5.84 Å². The maximum Gasteiger partial charge on any atom is 0.110 e. The third-order valence-electron chi connectivity index (χ3n) is 3.79. The summed E-state index contributed by atoms with van der Waals surface area (Å²) in [6, 6.07) is 6.58. The Hall–Kier alpha value is -1.65. The lowest BCUT2D eigenvalue weighted by molar-refractivity contribution is 0.516. The predicted molar refractivity (Wildman–Crippen MR) is 82.2 cm³/mol. The number of imidazole rings is 1. The molecular weight excluding hydrogens is 248 g/mol. The Morgan fingerprint density at radius 2 is 2.10 bits per heavy atom. The van der Waals surface area contributed by atoms with Crippen LogP contribution in [0, 0.1) is 13.8 Å². The van der Waals surface area contributed by atoms with Crippen LogP contribution in [0.5, 0.6) is 0 Å². The van der Waals surface area contributed by atoms with Gasteiger partial charge in [-0.2, -0.15) is 0 Å². The minimum absolute atomic E-state index is 0.0901. The molecule has 1 unspecified atom stereocenters. The van der Waals surface area contributed by atoms with Gasteiger partial charge < -0.3 is 4.57 Å². The number of aryl methyl sites for hydroxylation is 3. The number of nitrogens with two attached hydrogens (primary N) is 1. The Kier molecular flexibility index (Phi) is 4.93. The van der Waals surface area contributed by atoms with E-state index in [1.165, 1.54) is 16.7 Å². The highest BCUT2D eigenvalue weighted by molar-refractivity contribution is 5.32. The van der Waals surface area contributed by atoms with Crippen LogP contribution in [0.25, 0.3) is 0 Å². The van der Waals surface area contributed by atoms with Crippen LogP contribution in [-0.2, 0) is 13.0 Å². The summed E-state index contributed by atoms with van der Waals surface area (Å²) >= 11 is 0. The zero-order valence-corrected chi connectivity index (χ0v) is 12.6. The van der Waals surface area contributed by atoms with E-state index in [0.717, 1.165) is 25.2 Å². The van der Waals surface area contributed by atoms with E-state index in [1.54, 1.807) is 0 Å². The van der Waals surface area contributed by atoms with Crippen molar-refractivity contribution in [2.45, 2.75) is 46.2 Å². The molecule has 0 amide bonds. The van der Waals surface area contributed by atoms with Gasteiger partial charge in [-0.05, 0) is 37.0 Å². The molecule has 0 aliphatic carbocycles. The topological polar surface area (TPSA) is 55.9 Å². The van der Waals surface area contributed by atoms with Crippen LogP contribution in [0.3, 0.4) is 0 Å². The van der Waals surface area contributed by atoms with Gasteiger partial charge in [0.2, 0.25) is 0 Å². The molecule has 0 saturated heterocycles. The van der Waals surface area contributed by atoms with Crippen molar-refractivity contribution in [2.75, 3.05) is 0 Å². The number of benzene rings is 1. The van der Waals surface area contributed by atoms with Crippen molar-refractivity contribution in [1.29, 1.82) is 0 Å². The SMILES string of the molecule is CCCn1ccnc1CC(NN)c1ccc(C)c(C)c1. The Morgan fingerprint density at radius 1 is 1.30 bits per heavy atom.